The maximum absolute atomic E-state index is 12.3. The summed E-state index contributed by atoms with van der Waals surface area (Å²) in [6.07, 6.45) is 5.03. The van der Waals surface area contributed by atoms with Gasteiger partial charge in [0.1, 0.15) is 4.90 Å². The van der Waals surface area contributed by atoms with Crippen LogP contribution >= 0.6 is 27.3 Å². The van der Waals surface area contributed by atoms with Crippen molar-refractivity contribution in [2.24, 2.45) is 17.8 Å². The number of nitrogens with one attached hydrogen (secondary N) is 1. The number of hydrogen-bond donors (Lipinski definition) is 2. The van der Waals surface area contributed by atoms with E-state index in [1.54, 1.807) is 0 Å². The Morgan fingerprint density at radius 2 is 2.20 bits per heavy atom. The Bertz CT molecular complexity index is 599. The van der Waals surface area contributed by atoms with Crippen molar-refractivity contribution in [2.75, 3.05) is 6.54 Å². The first kappa shape index (κ1) is 15.0. The molecule has 1 aromatic rings. The van der Waals surface area contributed by atoms with E-state index >= 15 is 0 Å². The molecular weight excluding hydrogens is 362 g/mol. The van der Waals surface area contributed by atoms with E-state index < -0.39 is 10.0 Å². The van der Waals surface area contributed by atoms with Crippen LogP contribution in [0.1, 0.15) is 30.6 Å². The van der Waals surface area contributed by atoms with Gasteiger partial charge in [-0.2, -0.15) is 0 Å². The molecule has 0 saturated heterocycles. The average Bonchev–Trinajstić information content (AvgIpc) is 3.10. The Morgan fingerprint density at radius 1 is 1.40 bits per heavy atom. The fourth-order valence-electron chi connectivity index (χ4n) is 3.58. The fourth-order valence-corrected chi connectivity index (χ4v) is 7.21. The van der Waals surface area contributed by atoms with E-state index in [0.29, 0.717) is 27.0 Å². The quantitative estimate of drug-likeness (QED) is 0.826. The summed E-state index contributed by atoms with van der Waals surface area (Å²) in [5.41, 5.74) is 0. The van der Waals surface area contributed by atoms with Gasteiger partial charge in [0.05, 0.1) is 10.4 Å². The summed E-state index contributed by atoms with van der Waals surface area (Å²) >= 11 is 4.53. The normalized spacial score (nSPS) is 29.2. The van der Waals surface area contributed by atoms with E-state index in [-0.39, 0.29) is 11.5 Å². The third-order valence-corrected chi connectivity index (χ3v) is 8.23. The molecular formula is C13H18BrNO3S2. The monoisotopic (exact) mass is 379 g/mol. The number of aliphatic hydroxyl groups excluding tert-OH is 1. The summed E-state index contributed by atoms with van der Waals surface area (Å²) in [5, 5.41) is 9.09. The van der Waals surface area contributed by atoms with Gasteiger partial charge in [0.2, 0.25) is 10.0 Å². The molecule has 0 aromatic carbocycles. The van der Waals surface area contributed by atoms with Crippen molar-refractivity contribution in [3.63, 3.8) is 0 Å². The van der Waals surface area contributed by atoms with Crippen LogP contribution in [0.25, 0.3) is 0 Å². The van der Waals surface area contributed by atoms with E-state index in [9.17, 15) is 8.42 Å². The average molecular weight is 380 g/mol. The van der Waals surface area contributed by atoms with Crippen molar-refractivity contribution in [1.82, 2.24) is 4.72 Å². The maximum Gasteiger partial charge on any atom is 0.242 e. The molecule has 1 heterocycles. The maximum atomic E-state index is 12.3. The topological polar surface area (TPSA) is 66.4 Å². The van der Waals surface area contributed by atoms with Crippen LogP contribution in [0, 0.1) is 17.8 Å². The minimum Gasteiger partial charge on any atom is -0.391 e. The Kier molecular flexibility index (Phi) is 4.25. The molecule has 2 aliphatic rings. The van der Waals surface area contributed by atoms with Crippen molar-refractivity contribution >= 4 is 37.3 Å². The molecule has 2 N–H and O–H groups in total. The van der Waals surface area contributed by atoms with E-state index in [1.165, 1.54) is 43.1 Å². The van der Waals surface area contributed by atoms with E-state index in [0.717, 1.165) is 5.92 Å². The van der Waals surface area contributed by atoms with Crippen LogP contribution in [0.4, 0.5) is 0 Å². The first-order chi connectivity index (χ1) is 9.49. The summed E-state index contributed by atoms with van der Waals surface area (Å²) in [7, 11) is -3.48. The molecule has 0 radical (unpaired) electrons. The minimum absolute atomic E-state index is 0.134. The van der Waals surface area contributed by atoms with Crippen molar-refractivity contribution in [3.8, 4) is 0 Å². The van der Waals surface area contributed by atoms with Crippen LogP contribution < -0.4 is 4.72 Å². The van der Waals surface area contributed by atoms with Gasteiger partial charge in [0.25, 0.3) is 0 Å². The lowest BCUT2D eigenvalue weighted by molar-refractivity contribution is 0.285. The van der Waals surface area contributed by atoms with Gasteiger partial charge < -0.3 is 5.11 Å². The summed E-state index contributed by atoms with van der Waals surface area (Å²) < 4.78 is 28.0. The lowest BCUT2D eigenvalue weighted by Gasteiger charge is -2.21. The molecule has 2 saturated carbocycles. The van der Waals surface area contributed by atoms with Gasteiger partial charge in [0.15, 0.2) is 0 Å². The second-order valence-corrected chi connectivity index (χ2v) is 9.99. The predicted molar refractivity (Wildman–Crippen MR) is 82.1 cm³/mol. The lowest BCUT2D eigenvalue weighted by atomic mass is 9.89. The third-order valence-electron chi connectivity index (χ3n) is 4.57. The number of aliphatic hydroxyl groups is 1. The van der Waals surface area contributed by atoms with Crippen molar-refractivity contribution in [2.45, 2.75) is 37.2 Å². The van der Waals surface area contributed by atoms with Gasteiger partial charge in [-0.3, -0.25) is 0 Å². The Hall–Kier alpha value is 0.0500. The predicted octanol–water partition coefficient (Wildman–Crippen LogP) is 2.72. The Labute approximate surface area is 131 Å². The second kappa shape index (κ2) is 5.68. The number of hydrogen-bond acceptors (Lipinski definition) is 4. The zero-order chi connectivity index (χ0) is 14.3. The smallest absolute Gasteiger partial charge is 0.242 e. The standard InChI is InChI=1S/C13H18BrNO3S2/c14-13-12(5-11(7-16)19-13)20(17,18)15-6-10-4-8-1-2-9(10)3-8/h5,8-10,15-16H,1-4,6-7H2. The van der Waals surface area contributed by atoms with Gasteiger partial charge in [-0.1, -0.05) is 6.42 Å². The van der Waals surface area contributed by atoms with Gasteiger partial charge in [-0.15, -0.1) is 11.3 Å². The number of thiophene rings is 1. The highest BCUT2D eigenvalue weighted by atomic mass is 79.9. The first-order valence-corrected chi connectivity index (χ1v) is 9.97. The van der Waals surface area contributed by atoms with Crippen molar-refractivity contribution in [3.05, 3.63) is 14.7 Å². The van der Waals surface area contributed by atoms with E-state index in [4.69, 9.17) is 5.11 Å². The van der Waals surface area contributed by atoms with E-state index in [1.807, 2.05) is 0 Å². The molecule has 2 fully saturated rings. The molecule has 2 aliphatic carbocycles. The molecule has 0 aliphatic heterocycles. The van der Waals surface area contributed by atoms with Gasteiger partial charge >= 0.3 is 0 Å². The van der Waals surface area contributed by atoms with Crippen molar-refractivity contribution in [1.29, 1.82) is 0 Å². The summed E-state index contributed by atoms with van der Waals surface area (Å²) in [6.45, 7) is 0.408. The van der Waals surface area contributed by atoms with Gasteiger partial charge in [-0.25, -0.2) is 13.1 Å². The Morgan fingerprint density at radius 3 is 2.75 bits per heavy atom. The minimum atomic E-state index is -3.48. The second-order valence-electron chi connectivity index (χ2n) is 5.80. The summed E-state index contributed by atoms with van der Waals surface area (Å²) in [4.78, 5) is 0.895. The van der Waals surface area contributed by atoms with Crippen LogP contribution in [0.3, 0.4) is 0 Å². The zero-order valence-electron chi connectivity index (χ0n) is 11.0. The fraction of sp³-hybridized carbons (Fsp3) is 0.692. The van der Waals surface area contributed by atoms with Gasteiger partial charge in [0, 0.05) is 11.4 Å². The van der Waals surface area contributed by atoms with Crippen LogP contribution in [-0.2, 0) is 16.6 Å². The van der Waals surface area contributed by atoms with Crippen LogP contribution in [-0.4, -0.2) is 20.1 Å². The van der Waals surface area contributed by atoms with Gasteiger partial charge in [-0.05, 0) is 59.0 Å². The highest BCUT2D eigenvalue weighted by Gasteiger charge is 2.39. The van der Waals surface area contributed by atoms with Crippen molar-refractivity contribution < 1.29 is 13.5 Å². The number of sulfonamides is 1. The molecule has 2 bridgehead atoms. The third kappa shape index (κ3) is 2.83. The number of halogens is 1. The largest absolute Gasteiger partial charge is 0.391 e. The number of fused-ring (bicyclic) bond motifs is 2. The molecule has 0 amide bonds. The van der Waals surface area contributed by atoms with Crippen LogP contribution in [0.2, 0.25) is 0 Å². The highest BCUT2D eigenvalue weighted by molar-refractivity contribution is 9.11. The zero-order valence-corrected chi connectivity index (χ0v) is 14.2. The molecule has 3 atom stereocenters. The molecule has 0 spiro atoms. The lowest BCUT2D eigenvalue weighted by Crippen LogP contribution is -2.31. The molecule has 4 nitrogen and oxygen atoms in total. The molecule has 112 valence electrons. The Balaban J connectivity index is 1.67. The molecule has 3 rings (SSSR count). The van der Waals surface area contributed by atoms with Crippen LogP contribution in [0.5, 0.6) is 0 Å². The van der Waals surface area contributed by atoms with E-state index in [2.05, 4.69) is 20.7 Å². The molecule has 7 heteroatoms. The summed E-state index contributed by atoms with van der Waals surface area (Å²) in [5.74, 6) is 2.03. The van der Waals surface area contributed by atoms with Crippen LogP contribution in [0.15, 0.2) is 14.7 Å². The molecule has 20 heavy (non-hydrogen) atoms. The number of rotatable bonds is 5. The molecule has 3 unspecified atom stereocenters. The summed E-state index contributed by atoms with van der Waals surface area (Å²) in [6, 6.07) is 1.54. The molecule has 1 aromatic heterocycles. The first-order valence-electron chi connectivity index (χ1n) is 6.88. The SMILES string of the molecule is O=S(=O)(NCC1CC2CCC1C2)c1cc(CO)sc1Br. The highest BCUT2D eigenvalue weighted by Crippen LogP contribution is 2.48.